The molecule has 2 aromatic heterocycles. The Labute approximate surface area is 148 Å². The van der Waals surface area contributed by atoms with Gasteiger partial charge in [0.25, 0.3) is 5.91 Å². The van der Waals surface area contributed by atoms with Crippen molar-refractivity contribution < 1.29 is 9.53 Å². The molecular weight excluding hydrogens is 316 g/mol. The molecule has 0 bridgehead atoms. The first-order valence-corrected chi connectivity index (χ1v) is 8.91. The average Bonchev–Trinajstić information content (AvgIpc) is 2.62. The molecule has 6 heteroatoms. The molecule has 1 fully saturated rings. The predicted molar refractivity (Wildman–Crippen MR) is 96.3 cm³/mol. The lowest BCUT2D eigenvalue weighted by Gasteiger charge is -2.54. The van der Waals surface area contributed by atoms with E-state index >= 15 is 0 Å². The number of aromatic nitrogens is 3. The van der Waals surface area contributed by atoms with Crippen LogP contribution in [0.1, 0.15) is 50.5 Å². The largest absolute Gasteiger partial charge is 0.378 e. The van der Waals surface area contributed by atoms with Gasteiger partial charge >= 0.3 is 0 Å². The zero-order chi connectivity index (χ0) is 18.0. The van der Waals surface area contributed by atoms with Crippen LogP contribution in [0.25, 0.3) is 11.2 Å². The van der Waals surface area contributed by atoms with E-state index in [0.717, 1.165) is 25.9 Å². The molecule has 1 aliphatic rings. The van der Waals surface area contributed by atoms with Crippen LogP contribution in [0.3, 0.4) is 0 Å². The Hall–Kier alpha value is -2.08. The van der Waals surface area contributed by atoms with Crippen molar-refractivity contribution in [1.82, 2.24) is 19.9 Å². The molecule has 0 N–H and O–H groups in total. The molecule has 1 amide bonds. The Kier molecular flexibility index (Phi) is 4.99. The van der Waals surface area contributed by atoms with Crippen molar-refractivity contribution in [3.8, 4) is 0 Å². The molecule has 2 heterocycles. The normalized spacial score (nSPS) is 21.8. The monoisotopic (exact) mass is 342 g/mol. The van der Waals surface area contributed by atoms with Crippen molar-refractivity contribution in [1.29, 1.82) is 0 Å². The number of amides is 1. The van der Waals surface area contributed by atoms with E-state index in [9.17, 15) is 4.79 Å². The van der Waals surface area contributed by atoms with Crippen LogP contribution in [0.5, 0.6) is 0 Å². The van der Waals surface area contributed by atoms with Crippen molar-refractivity contribution in [2.75, 3.05) is 13.7 Å². The number of unbranched alkanes of at least 4 members (excludes halogenated alkanes) is 1. The van der Waals surface area contributed by atoms with Crippen LogP contribution in [0.2, 0.25) is 0 Å². The number of hydrogen-bond donors (Lipinski definition) is 0. The SMILES string of the molecule is CCCCO[C@@H]1C[C@H](N(C)C(=O)c2ccc3nccnc3n2)C1(C)C. The lowest BCUT2D eigenvalue weighted by Crippen LogP contribution is -2.62. The maximum absolute atomic E-state index is 12.9. The van der Waals surface area contributed by atoms with Gasteiger partial charge < -0.3 is 9.64 Å². The topological polar surface area (TPSA) is 68.2 Å². The third-order valence-electron chi connectivity index (χ3n) is 5.28. The van der Waals surface area contributed by atoms with Gasteiger partial charge in [-0.25, -0.2) is 9.97 Å². The van der Waals surface area contributed by atoms with E-state index in [1.807, 2.05) is 7.05 Å². The zero-order valence-electron chi connectivity index (χ0n) is 15.4. The molecule has 2 atom stereocenters. The molecule has 1 saturated carbocycles. The van der Waals surface area contributed by atoms with Crippen LogP contribution < -0.4 is 0 Å². The Morgan fingerprint density at radius 2 is 2.08 bits per heavy atom. The summed E-state index contributed by atoms with van der Waals surface area (Å²) in [5, 5.41) is 0. The Morgan fingerprint density at radius 1 is 1.32 bits per heavy atom. The number of carbonyl (C=O) groups excluding carboxylic acids is 1. The highest BCUT2D eigenvalue weighted by Crippen LogP contribution is 2.45. The minimum atomic E-state index is -0.0855. The summed E-state index contributed by atoms with van der Waals surface area (Å²) in [5.41, 5.74) is 1.53. The number of hydrogen-bond acceptors (Lipinski definition) is 5. The Morgan fingerprint density at radius 3 is 2.80 bits per heavy atom. The van der Waals surface area contributed by atoms with Crippen LogP contribution >= 0.6 is 0 Å². The van der Waals surface area contributed by atoms with E-state index < -0.39 is 0 Å². The van der Waals surface area contributed by atoms with Crippen LogP contribution in [0.4, 0.5) is 0 Å². The number of rotatable bonds is 6. The maximum Gasteiger partial charge on any atom is 0.272 e. The smallest absolute Gasteiger partial charge is 0.272 e. The summed E-state index contributed by atoms with van der Waals surface area (Å²) in [7, 11) is 1.85. The van der Waals surface area contributed by atoms with Crippen molar-refractivity contribution in [2.45, 2.75) is 52.2 Å². The lowest BCUT2D eigenvalue weighted by molar-refractivity contribution is -0.140. The molecule has 6 nitrogen and oxygen atoms in total. The minimum absolute atomic E-state index is 0.0607. The molecule has 1 aliphatic carbocycles. The molecule has 0 aliphatic heterocycles. The number of pyridine rings is 1. The molecule has 134 valence electrons. The van der Waals surface area contributed by atoms with Crippen molar-refractivity contribution in [3.05, 3.63) is 30.2 Å². The predicted octanol–water partition coefficient (Wildman–Crippen LogP) is 3.08. The van der Waals surface area contributed by atoms with E-state index in [0.29, 0.717) is 16.9 Å². The standard InChI is InChI=1S/C19H26N4O2/c1-5-6-11-25-16-12-15(19(16,2)3)23(4)18(24)14-8-7-13-17(22-14)21-10-9-20-13/h7-10,15-16H,5-6,11-12H2,1-4H3/t15-,16+/m0/s1. The summed E-state index contributed by atoms with van der Waals surface area (Å²) in [6.45, 7) is 7.28. The number of nitrogens with zero attached hydrogens (tertiary/aromatic N) is 4. The van der Waals surface area contributed by atoms with E-state index in [4.69, 9.17) is 4.74 Å². The third-order valence-corrected chi connectivity index (χ3v) is 5.28. The lowest BCUT2D eigenvalue weighted by atomic mass is 9.63. The summed E-state index contributed by atoms with van der Waals surface area (Å²) < 4.78 is 5.99. The van der Waals surface area contributed by atoms with Crippen molar-refractivity contribution in [3.63, 3.8) is 0 Å². The highest BCUT2D eigenvalue weighted by Gasteiger charge is 2.52. The third kappa shape index (κ3) is 3.35. The fraction of sp³-hybridized carbons (Fsp3) is 0.579. The quantitative estimate of drug-likeness (QED) is 0.755. The van der Waals surface area contributed by atoms with Crippen LogP contribution in [-0.4, -0.2) is 51.6 Å². The number of fused-ring (bicyclic) bond motifs is 1. The molecule has 25 heavy (non-hydrogen) atoms. The Balaban J connectivity index is 1.70. The number of carbonyl (C=O) groups is 1. The highest BCUT2D eigenvalue weighted by atomic mass is 16.5. The van der Waals surface area contributed by atoms with Crippen LogP contribution in [0, 0.1) is 5.41 Å². The van der Waals surface area contributed by atoms with Crippen LogP contribution in [0.15, 0.2) is 24.5 Å². The van der Waals surface area contributed by atoms with Crippen molar-refractivity contribution in [2.24, 2.45) is 5.41 Å². The van der Waals surface area contributed by atoms with Gasteiger partial charge in [0, 0.05) is 37.5 Å². The van der Waals surface area contributed by atoms with Gasteiger partial charge in [0.2, 0.25) is 0 Å². The maximum atomic E-state index is 12.9. The van der Waals surface area contributed by atoms with E-state index in [2.05, 4.69) is 35.7 Å². The zero-order valence-corrected chi connectivity index (χ0v) is 15.4. The first-order chi connectivity index (χ1) is 11.9. The molecule has 3 rings (SSSR count). The molecular formula is C19H26N4O2. The fourth-order valence-electron chi connectivity index (χ4n) is 3.47. The van der Waals surface area contributed by atoms with Gasteiger partial charge in [0.1, 0.15) is 11.2 Å². The molecule has 0 saturated heterocycles. The fourth-order valence-corrected chi connectivity index (χ4v) is 3.47. The van der Waals surface area contributed by atoms with Crippen molar-refractivity contribution >= 4 is 17.1 Å². The average molecular weight is 342 g/mol. The van der Waals surface area contributed by atoms with Gasteiger partial charge in [-0.15, -0.1) is 0 Å². The molecule has 0 radical (unpaired) electrons. The van der Waals surface area contributed by atoms with Gasteiger partial charge in [-0.05, 0) is 25.0 Å². The van der Waals surface area contributed by atoms with Gasteiger partial charge in [0.05, 0.1) is 6.10 Å². The summed E-state index contributed by atoms with van der Waals surface area (Å²) in [6.07, 6.45) is 6.48. The molecule has 0 unspecified atom stereocenters. The van der Waals surface area contributed by atoms with E-state index in [1.54, 1.807) is 29.4 Å². The number of ether oxygens (including phenoxy) is 1. The summed E-state index contributed by atoms with van der Waals surface area (Å²) in [6, 6.07) is 3.65. The van der Waals surface area contributed by atoms with E-state index in [1.165, 1.54) is 0 Å². The highest BCUT2D eigenvalue weighted by molar-refractivity contribution is 5.94. The molecule has 0 aromatic carbocycles. The van der Waals surface area contributed by atoms with Gasteiger partial charge in [-0.1, -0.05) is 27.2 Å². The molecule has 2 aromatic rings. The van der Waals surface area contributed by atoms with Gasteiger partial charge in [-0.2, -0.15) is 0 Å². The first kappa shape index (κ1) is 17.7. The van der Waals surface area contributed by atoms with Crippen LogP contribution in [-0.2, 0) is 4.74 Å². The summed E-state index contributed by atoms with van der Waals surface area (Å²) in [5.74, 6) is -0.0855. The summed E-state index contributed by atoms with van der Waals surface area (Å²) in [4.78, 5) is 27.4. The molecule has 0 spiro atoms. The second kappa shape index (κ2) is 7.04. The second-order valence-corrected chi connectivity index (χ2v) is 7.30. The van der Waals surface area contributed by atoms with Gasteiger partial charge in [-0.3, -0.25) is 9.78 Å². The minimum Gasteiger partial charge on any atom is -0.378 e. The second-order valence-electron chi connectivity index (χ2n) is 7.30. The van der Waals surface area contributed by atoms with E-state index in [-0.39, 0.29) is 23.5 Å². The van der Waals surface area contributed by atoms with Gasteiger partial charge in [0.15, 0.2) is 5.65 Å². The summed E-state index contributed by atoms with van der Waals surface area (Å²) >= 11 is 0. The first-order valence-electron chi connectivity index (χ1n) is 8.91. The Bertz CT molecular complexity index is 762.